The molecule has 2 aromatic carbocycles. The Morgan fingerprint density at radius 3 is 2.41 bits per heavy atom. The summed E-state index contributed by atoms with van der Waals surface area (Å²) in [5.41, 5.74) is 3.68. The van der Waals surface area contributed by atoms with Gasteiger partial charge in [0.2, 0.25) is 0 Å². The Morgan fingerprint density at radius 1 is 1.00 bits per heavy atom. The maximum Gasteiger partial charge on any atom is 0.150 e. The van der Waals surface area contributed by atoms with Gasteiger partial charge in [0.25, 0.3) is 0 Å². The van der Waals surface area contributed by atoms with Crippen LogP contribution in [0.15, 0.2) is 42.5 Å². The summed E-state index contributed by atoms with van der Waals surface area (Å²) >= 11 is 0. The van der Waals surface area contributed by atoms with E-state index >= 15 is 0 Å². The largest absolute Gasteiger partial charge is 0.496 e. The smallest absolute Gasteiger partial charge is 0.150 e. The molecule has 140 valence electrons. The lowest BCUT2D eigenvalue weighted by Gasteiger charge is -2.36. The van der Waals surface area contributed by atoms with Crippen LogP contribution in [0.2, 0.25) is 0 Å². The van der Waals surface area contributed by atoms with Crippen LogP contribution in [-0.4, -0.2) is 48.2 Å². The molecule has 0 atom stereocenters. The average molecular weight is 366 g/mol. The van der Waals surface area contributed by atoms with Gasteiger partial charge >= 0.3 is 0 Å². The third kappa shape index (κ3) is 3.71. The Morgan fingerprint density at radius 2 is 1.70 bits per heavy atom. The van der Waals surface area contributed by atoms with Crippen LogP contribution in [0, 0.1) is 12.7 Å². The predicted octanol–water partition coefficient (Wildman–Crippen LogP) is 3.41. The molecule has 27 heavy (non-hydrogen) atoms. The Bertz CT molecular complexity index is 954. The fraction of sp³-hybridized carbons (Fsp3) is 0.333. The Kier molecular flexibility index (Phi) is 4.90. The van der Waals surface area contributed by atoms with Gasteiger partial charge in [-0.2, -0.15) is 0 Å². The molecule has 1 fully saturated rings. The van der Waals surface area contributed by atoms with Gasteiger partial charge < -0.3 is 9.64 Å². The molecule has 2 heterocycles. The van der Waals surface area contributed by atoms with Crippen molar-refractivity contribution in [2.45, 2.75) is 13.5 Å². The van der Waals surface area contributed by atoms with E-state index < -0.39 is 0 Å². The summed E-state index contributed by atoms with van der Waals surface area (Å²) in [4.78, 5) is 14.1. The van der Waals surface area contributed by atoms with Gasteiger partial charge in [0.05, 0.1) is 23.8 Å². The van der Waals surface area contributed by atoms with Crippen molar-refractivity contribution in [3.63, 3.8) is 0 Å². The van der Waals surface area contributed by atoms with E-state index in [9.17, 15) is 4.39 Å². The maximum absolute atomic E-state index is 13.6. The van der Waals surface area contributed by atoms with Crippen LogP contribution in [0.25, 0.3) is 11.0 Å². The number of hydrogen-bond donors (Lipinski definition) is 0. The topological polar surface area (TPSA) is 41.5 Å². The Labute approximate surface area is 158 Å². The van der Waals surface area contributed by atoms with E-state index in [2.05, 4.69) is 9.80 Å². The first-order valence-electron chi connectivity index (χ1n) is 9.17. The first-order valence-corrected chi connectivity index (χ1v) is 9.17. The van der Waals surface area contributed by atoms with Crippen molar-refractivity contribution in [2.24, 2.45) is 0 Å². The number of anilines is 1. The molecule has 0 unspecified atom stereocenters. The zero-order chi connectivity index (χ0) is 18.8. The second kappa shape index (κ2) is 7.48. The summed E-state index contributed by atoms with van der Waals surface area (Å²) in [6.07, 6.45) is 0. The molecule has 6 heteroatoms. The molecule has 0 radical (unpaired) electrons. The number of fused-ring (bicyclic) bond motifs is 1. The molecule has 0 amide bonds. The minimum Gasteiger partial charge on any atom is -0.496 e. The van der Waals surface area contributed by atoms with E-state index in [4.69, 9.17) is 14.7 Å². The van der Waals surface area contributed by atoms with E-state index in [1.54, 1.807) is 19.2 Å². The van der Waals surface area contributed by atoms with Gasteiger partial charge in [-0.3, -0.25) is 4.90 Å². The minimum atomic E-state index is -0.230. The van der Waals surface area contributed by atoms with Crippen molar-refractivity contribution in [3.8, 4) is 5.75 Å². The van der Waals surface area contributed by atoms with Gasteiger partial charge in [-0.1, -0.05) is 12.1 Å². The highest BCUT2D eigenvalue weighted by atomic mass is 19.1. The van der Waals surface area contributed by atoms with Crippen LogP contribution in [0.4, 0.5) is 10.2 Å². The highest BCUT2D eigenvalue weighted by Crippen LogP contribution is 2.24. The average Bonchev–Trinajstić information content (AvgIpc) is 2.68. The van der Waals surface area contributed by atoms with Gasteiger partial charge in [-0.25, -0.2) is 14.4 Å². The zero-order valence-corrected chi connectivity index (χ0v) is 15.7. The number of aryl methyl sites for hydroxylation is 1. The number of para-hydroxylation sites is 2. The van der Waals surface area contributed by atoms with E-state index in [1.807, 2.05) is 31.2 Å². The lowest BCUT2D eigenvalue weighted by molar-refractivity contribution is 0.245. The van der Waals surface area contributed by atoms with Crippen LogP contribution >= 0.6 is 0 Å². The maximum atomic E-state index is 13.6. The number of ether oxygens (including phenoxy) is 1. The first-order chi connectivity index (χ1) is 13.1. The second-order valence-electron chi connectivity index (χ2n) is 6.84. The van der Waals surface area contributed by atoms with Gasteiger partial charge in [0, 0.05) is 38.3 Å². The summed E-state index contributed by atoms with van der Waals surface area (Å²) in [5, 5.41) is 0. The minimum absolute atomic E-state index is 0.230. The molecule has 1 aromatic heterocycles. The van der Waals surface area contributed by atoms with Crippen molar-refractivity contribution in [1.82, 2.24) is 14.9 Å². The Hall–Kier alpha value is -2.73. The van der Waals surface area contributed by atoms with Crippen molar-refractivity contribution >= 4 is 16.9 Å². The van der Waals surface area contributed by atoms with Crippen LogP contribution in [0.5, 0.6) is 5.75 Å². The van der Waals surface area contributed by atoms with Crippen LogP contribution in [0.3, 0.4) is 0 Å². The highest BCUT2D eigenvalue weighted by Gasteiger charge is 2.21. The number of nitrogens with zero attached hydrogens (tertiary/aromatic N) is 4. The van der Waals surface area contributed by atoms with Crippen LogP contribution in [0.1, 0.15) is 11.3 Å². The normalized spacial score (nSPS) is 15.3. The number of halogens is 1. The Balaban J connectivity index is 1.46. The first kappa shape index (κ1) is 17.7. The van der Waals surface area contributed by atoms with E-state index in [0.717, 1.165) is 60.0 Å². The lowest BCUT2D eigenvalue weighted by atomic mass is 10.1. The van der Waals surface area contributed by atoms with Gasteiger partial charge in [-0.05, 0) is 37.3 Å². The van der Waals surface area contributed by atoms with E-state index in [-0.39, 0.29) is 5.82 Å². The summed E-state index contributed by atoms with van der Waals surface area (Å²) in [6, 6.07) is 12.6. The fourth-order valence-electron chi connectivity index (χ4n) is 3.61. The summed E-state index contributed by atoms with van der Waals surface area (Å²) < 4.78 is 19.0. The molecule has 0 spiro atoms. The van der Waals surface area contributed by atoms with Gasteiger partial charge in [-0.15, -0.1) is 0 Å². The molecule has 1 aliphatic heterocycles. The quantitative estimate of drug-likeness (QED) is 0.708. The third-order valence-corrected chi connectivity index (χ3v) is 5.03. The molecule has 1 saturated heterocycles. The molecule has 4 rings (SSSR count). The molecule has 0 N–H and O–H groups in total. The summed E-state index contributed by atoms with van der Waals surface area (Å²) in [7, 11) is 1.62. The molecular formula is C21H23FN4O. The molecule has 0 saturated carbocycles. The van der Waals surface area contributed by atoms with Crippen LogP contribution < -0.4 is 9.64 Å². The number of methoxy groups -OCH3 is 1. The molecule has 3 aromatic rings. The third-order valence-electron chi connectivity index (χ3n) is 5.03. The second-order valence-corrected chi connectivity index (χ2v) is 6.84. The van der Waals surface area contributed by atoms with Crippen molar-refractivity contribution in [3.05, 3.63) is 59.5 Å². The lowest BCUT2D eigenvalue weighted by Crippen LogP contribution is -2.46. The molecule has 5 nitrogen and oxygen atoms in total. The van der Waals surface area contributed by atoms with E-state index in [1.165, 1.54) is 6.07 Å². The van der Waals surface area contributed by atoms with E-state index in [0.29, 0.717) is 6.54 Å². The summed E-state index contributed by atoms with van der Waals surface area (Å²) in [6.45, 7) is 6.19. The zero-order valence-electron chi connectivity index (χ0n) is 15.7. The monoisotopic (exact) mass is 366 g/mol. The van der Waals surface area contributed by atoms with Gasteiger partial charge in [0.15, 0.2) is 5.82 Å². The van der Waals surface area contributed by atoms with Gasteiger partial charge in [0.1, 0.15) is 11.6 Å². The number of piperazine rings is 1. The highest BCUT2D eigenvalue weighted by molar-refractivity contribution is 5.76. The fourth-order valence-corrected chi connectivity index (χ4v) is 3.61. The SMILES string of the molecule is COc1ccc(F)cc1CN1CCN(c2nc3ccccc3nc2C)CC1. The predicted molar refractivity (Wildman–Crippen MR) is 105 cm³/mol. The molecule has 0 aliphatic carbocycles. The van der Waals surface area contributed by atoms with Crippen molar-refractivity contribution < 1.29 is 9.13 Å². The van der Waals surface area contributed by atoms with Crippen LogP contribution in [-0.2, 0) is 6.54 Å². The number of benzene rings is 2. The number of rotatable bonds is 4. The molecule has 1 aliphatic rings. The number of hydrogen-bond acceptors (Lipinski definition) is 5. The van der Waals surface area contributed by atoms with Crippen molar-refractivity contribution in [2.75, 3.05) is 38.2 Å². The molecule has 0 bridgehead atoms. The summed E-state index contributed by atoms with van der Waals surface area (Å²) in [5.74, 6) is 1.46. The molecular weight excluding hydrogens is 343 g/mol. The number of aromatic nitrogens is 2. The van der Waals surface area contributed by atoms with Crippen molar-refractivity contribution in [1.29, 1.82) is 0 Å². The standard InChI is InChI=1S/C21H23FN4O/c1-15-21(24-19-6-4-3-5-18(19)23-15)26-11-9-25(10-12-26)14-16-13-17(22)7-8-20(16)27-2/h3-8,13H,9-12,14H2,1-2H3.